The van der Waals surface area contributed by atoms with Crippen LogP contribution >= 0.6 is 0 Å². The topological polar surface area (TPSA) is 67.1 Å². The number of hydrogen-bond acceptors (Lipinski definition) is 3. The van der Waals surface area contributed by atoms with Gasteiger partial charge in [0.2, 0.25) is 0 Å². The van der Waals surface area contributed by atoms with Gasteiger partial charge in [-0.15, -0.1) is 0 Å². The third-order valence-corrected chi connectivity index (χ3v) is 2.88. The number of aromatic nitrogens is 2. The zero-order valence-electron chi connectivity index (χ0n) is 9.39. The molecule has 1 unspecified atom stereocenters. The van der Waals surface area contributed by atoms with Crippen LogP contribution in [0.3, 0.4) is 0 Å². The van der Waals surface area contributed by atoms with Crippen LogP contribution in [-0.2, 0) is 11.3 Å². The van der Waals surface area contributed by atoms with Crippen molar-refractivity contribution < 1.29 is 9.90 Å². The molecule has 0 amide bonds. The molecule has 2 N–H and O–H groups in total. The van der Waals surface area contributed by atoms with E-state index in [1.165, 1.54) is 12.8 Å². The van der Waals surface area contributed by atoms with Gasteiger partial charge in [-0.2, -0.15) is 0 Å². The fourth-order valence-electron chi connectivity index (χ4n) is 1.78. The maximum atomic E-state index is 11.1. The standard InChI is InChI=1S/C11H17N3O2/c1-2-9(11(15)16)14-6-5-12-10(14)7-13-8-3-4-8/h5-6,8-9,13H,2-4,7H2,1H3,(H,15,16). The average Bonchev–Trinajstić information content (AvgIpc) is 2.97. The molecule has 1 aromatic rings. The largest absolute Gasteiger partial charge is 0.480 e. The number of carboxylic acid groups (broad SMARTS) is 1. The van der Waals surface area contributed by atoms with E-state index in [0.29, 0.717) is 19.0 Å². The molecule has 1 aliphatic carbocycles. The zero-order chi connectivity index (χ0) is 11.5. The van der Waals surface area contributed by atoms with Gasteiger partial charge in [-0.05, 0) is 19.3 Å². The van der Waals surface area contributed by atoms with Crippen LogP contribution in [0.4, 0.5) is 0 Å². The summed E-state index contributed by atoms with van der Waals surface area (Å²) in [7, 11) is 0. The molecule has 5 heteroatoms. The third-order valence-electron chi connectivity index (χ3n) is 2.88. The molecule has 16 heavy (non-hydrogen) atoms. The van der Waals surface area contributed by atoms with Gasteiger partial charge in [-0.25, -0.2) is 9.78 Å². The SMILES string of the molecule is CCC(C(=O)O)n1ccnc1CNC1CC1. The van der Waals surface area contributed by atoms with E-state index in [1.54, 1.807) is 17.0 Å². The second-order valence-corrected chi connectivity index (χ2v) is 4.17. The lowest BCUT2D eigenvalue weighted by Gasteiger charge is -2.15. The summed E-state index contributed by atoms with van der Waals surface area (Å²) in [5.41, 5.74) is 0. The number of aliphatic carboxylic acids is 1. The third kappa shape index (κ3) is 2.41. The van der Waals surface area contributed by atoms with Crippen molar-refractivity contribution in [3.63, 3.8) is 0 Å². The first-order valence-corrected chi connectivity index (χ1v) is 5.70. The van der Waals surface area contributed by atoms with Crippen LogP contribution in [0.15, 0.2) is 12.4 Å². The summed E-state index contributed by atoms with van der Waals surface area (Å²) in [5.74, 6) is 0.00863. The number of carbonyl (C=O) groups is 1. The van der Waals surface area contributed by atoms with E-state index in [1.807, 2.05) is 6.92 Å². The second-order valence-electron chi connectivity index (χ2n) is 4.17. The highest BCUT2D eigenvalue weighted by Gasteiger charge is 2.23. The molecule has 1 aromatic heterocycles. The summed E-state index contributed by atoms with van der Waals surface area (Å²) >= 11 is 0. The van der Waals surface area contributed by atoms with Gasteiger partial charge in [0.05, 0.1) is 6.54 Å². The minimum Gasteiger partial charge on any atom is -0.480 e. The molecule has 0 bridgehead atoms. The van der Waals surface area contributed by atoms with Crippen molar-refractivity contribution in [1.82, 2.24) is 14.9 Å². The Morgan fingerprint density at radius 3 is 3.06 bits per heavy atom. The van der Waals surface area contributed by atoms with Crippen molar-refractivity contribution in [2.45, 2.75) is 44.8 Å². The first kappa shape index (κ1) is 11.1. The Kier molecular flexibility index (Phi) is 3.24. The minimum absolute atomic E-state index is 0.501. The highest BCUT2D eigenvalue weighted by molar-refractivity contribution is 5.71. The number of nitrogens with one attached hydrogen (secondary N) is 1. The predicted molar refractivity (Wildman–Crippen MR) is 59.1 cm³/mol. The Labute approximate surface area is 94.5 Å². The Morgan fingerprint density at radius 1 is 1.75 bits per heavy atom. The molecule has 0 aromatic carbocycles. The van der Waals surface area contributed by atoms with Gasteiger partial charge in [-0.3, -0.25) is 0 Å². The molecule has 1 aliphatic rings. The quantitative estimate of drug-likeness (QED) is 0.759. The lowest BCUT2D eigenvalue weighted by atomic mass is 10.2. The van der Waals surface area contributed by atoms with Crippen LogP contribution in [0.1, 0.15) is 38.1 Å². The van der Waals surface area contributed by atoms with Gasteiger partial charge in [0.15, 0.2) is 0 Å². The Balaban J connectivity index is 2.06. The van der Waals surface area contributed by atoms with E-state index < -0.39 is 12.0 Å². The summed E-state index contributed by atoms with van der Waals surface area (Å²) in [5, 5.41) is 12.4. The van der Waals surface area contributed by atoms with Crippen molar-refractivity contribution >= 4 is 5.97 Å². The summed E-state index contributed by atoms with van der Waals surface area (Å²) in [6, 6.07) is 0.105. The Morgan fingerprint density at radius 2 is 2.50 bits per heavy atom. The smallest absolute Gasteiger partial charge is 0.326 e. The molecule has 1 heterocycles. The summed E-state index contributed by atoms with van der Waals surface area (Å²) < 4.78 is 1.75. The monoisotopic (exact) mass is 223 g/mol. The van der Waals surface area contributed by atoms with E-state index in [-0.39, 0.29) is 0 Å². The summed E-state index contributed by atoms with van der Waals surface area (Å²) in [6.45, 7) is 2.53. The normalized spacial score (nSPS) is 17.3. The maximum Gasteiger partial charge on any atom is 0.326 e. The van der Waals surface area contributed by atoms with E-state index in [0.717, 1.165) is 5.82 Å². The molecule has 2 rings (SSSR count). The molecule has 0 saturated heterocycles. The molecule has 1 fully saturated rings. The number of nitrogens with zero attached hydrogens (tertiary/aromatic N) is 2. The lowest BCUT2D eigenvalue weighted by Crippen LogP contribution is -2.24. The van der Waals surface area contributed by atoms with Crippen molar-refractivity contribution in [1.29, 1.82) is 0 Å². The zero-order valence-corrected chi connectivity index (χ0v) is 9.39. The molecule has 1 atom stereocenters. The second kappa shape index (κ2) is 4.65. The molecule has 0 aliphatic heterocycles. The molecule has 1 saturated carbocycles. The van der Waals surface area contributed by atoms with E-state index in [2.05, 4.69) is 10.3 Å². The van der Waals surface area contributed by atoms with Gasteiger partial charge in [-0.1, -0.05) is 6.92 Å². The van der Waals surface area contributed by atoms with Gasteiger partial charge < -0.3 is 15.0 Å². The average molecular weight is 223 g/mol. The maximum absolute atomic E-state index is 11.1. The molecule has 0 spiro atoms. The van der Waals surface area contributed by atoms with Crippen LogP contribution in [0.2, 0.25) is 0 Å². The van der Waals surface area contributed by atoms with Crippen LogP contribution < -0.4 is 5.32 Å². The minimum atomic E-state index is -0.798. The molecular formula is C11H17N3O2. The molecule has 0 radical (unpaired) electrons. The van der Waals surface area contributed by atoms with E-state index >= 15 is 0 Å². The van der Waals surface area contributed by atoms with Crippen molar-refractivity contribution in [3.8, 4) is 0 Å². The summed E-state index contributed by atoms with van der Waals surface area (Å²) in [4.78, 5) is 15.3. The van der Waals surface area contributed by atoms with Crippen LogP contribution in [-0.4, -0.2) is 26.7 Å². The molecule has 88 valence electrons. The molecular weight excluding hydrogens is 206 g/mol. The number of rotatable bonds is 6. The fourth-order valence-corrected chi connectivity index (χ4v) is 1.78. The van der Waals surface area contributed by atoms with Crippen molar-refractivity contribution in [3.05, 3.63) is 18.2 Å². The van der Waals surface area contributed by atoms with Crippen molar-refractivity contribution in [2.75, 3.05) is 0 Å². The van der Waals surface area contributed by atoms with Crippen LogP contribution in [0, 0.1) is 0 Å². The first-order chi connectivity index (χ1) is 7.72. The van der Waals surface area contributed by atoms with E-state index in [9.17, 15) is 4.79 Å². The van der Waals surface area contributed by atoms with E-state index in [4.69, 9.17) is 5.11 Å². The van der Waals surface area contributed by atoms with Gasteiger partial charge in [0.25, 0.3) is 0 Å². The van der Waals surface area contributed by atoms with Gasteiger partial charge in [0.1, 0.15) is 11.9 Å². The van der Waals surface area contributed by atoms with Crippen molar-refractivity contribution in [2.24, 2.45) is 0 Å². The van der Waals surface area contributed by atoms with Gasteiger partial charge >= 0.3 is 5.97 Å². The lowest BCUT2D eigenvalue weighted by molar-refractivity contribution is -0.141. The summed E-state index contributed by atoms with van der Waals surface area (Å²) in [6.07, 6.45) is 6.41. The van der Waals surface area contributed by atoms with Crippen LogP contribution in [0.25, 0.3) is 0 Å². The number of carboxylic acids is 1. The fraction of sp³-hybridized carbons (Fsp3) is 0.636. The number of imidazole rings is 1. The Hall–Kier alpha value is -1.36. The highest BCUT2D eigenvalue weighted by atomic mass is 16.4. The van der Waals surface area contributed by atoms with Gasteiger partial charge in [0, 0.05) is 18.4 Å². The number of hydrogen-bond donors (Lipinski definition) is 2. The molecule has 5 nitrogen and oxygen atoms in total. The predicted octanol–water partition coefficient (Wildman–Crippen LogP) is 1.17. The first-order valence-electron chi connectivity index (χ1n) is 5.70. The Bertz CT molecular complexity index is 371. The highest BCUT2D eigenvalue weighted by Crippen LogP contribution is 2.20. The van der Waals surface area contributed by atoms with Crippen LogP contribution in [0.5, 0.6) is 0 Å².